The molecule has 0 unspecified atom stereocenters. The normalized spacial score (nSPS) is 15.2. The Kier molecular flexibility index (Phi) is 7.56. The molecule has 0 aliphatic carbocycles. The van der Waals surface area contributed by atoms with Crippen molar-refractivity contribution in [3.05, 3.63) is 59.7 Å². The maximum absolute atomic E-state index is 12.6. The van der Waals surface area contributed by atoms with Gasteiger partial charge in [0.2, 0.25) is 15.9 Å². The fraction of sp³-hybridized carbons (Fsp3) is 0.333. The van der Waals surface area contributed by atoms with Gasteiger partial charge >= 0.3 is 0 Å². The van der Waals surface area contributed by atoms with Crippen molar-refractivity contribution in [2.45, 2.75) is 17.7 Å². The Balaban J connectivity index is 1.48. The third kappa shape index (κ3) is 5.88. The van der Waals surface area contributed by atoms with Crippen molar-refractivity contribution >= 4 is 22.1 Å². The average molecular weight is 432 g/mol. The van der Waals surface area contributed by atoms with Crippen LogP contribution in [0, 0.1) is 0 Å². The van der Waals surface area contributed by atoms with Crippen LogP contribution >= 0.6 is 0 Å². The highest BCUT2D eigenvalue weighted by molar-refractivity contribution is 7.89. The molecule has 8 nitrogen and oxygen atoms in total. The Morgan fingerprint density at radius 2 is 1.80 bits per heavy atom. The third-order valence-electron chi connectivity index (χ3n) is 4.69. The number of amides is 1. The zero-order valence-corrected chi connectivity index (χ0v) is 17.6. The molecule has 1 saturated heterocycles. The van der Waals surface area contributed by atoms with Crippen molar-refractivity contribution < 1.29 is 22.7 Å². The first-order chi connectivity index (χ1) is 14.5. The quantitative estimate of drug-likeness (QED) is 0.508. The summed E-state index contributed by atoms with van der Waals surface area (Å²) in [6, 6.07) is 13.9. The maximum Gasteiger partial charge on any atom is 0.243 e. The van der Waals surface area contributed by atoms with Crippen LogP contribution < -0.4 is 10.2 Å². The van der Waals surface area contributed by atoms with Gasteiger partial charge in [0, 0.05) is 19.5 Å². The molecule has 0 aromatic heterocycles. The fourth-order valence-corrected chi connectivity index (χ4v) is 4.35. The Morgan fingerprint density at radius 1 is 1.13 bits per heavy atom. The molecule has 30 heavy (non-hydrogen) atoms. The van der Waals surface area contributed by atoms with Crippen LogP contribution in [0.15, 0.2) is 58.5 Å². The number of sulfonamides is 1. The van der Waals surface area contributed by atoms with Crippen molar-refractivity contribution in [3.63, 3.8) is 0 Å². The molecule has 1 aliphatic heterocycles. The number of hydrazone groups is 1. The third-order valence-corrected chi connectivity index (χ3v) is 6.60. The van der Waals surface area contributed by atoms with E-state index >= 15 is 0 Å². The number of morpholine rings is 1. The summed E-state index contributed by atoms with van der Waals surface area (Å²) in [7, 11) is -1.91. The number of carbonyl (C=O) groups is 1. The molecule has 1 fully saturated rings. The summed E-state index contributed by atoms with van der Waals surface area (Å²) in [5.41, 5.74) is 4.21. The van der Waals surface area contributed by atoms with Crippen LogP contribution in [-0.2, 0) is 26.0 Å². The Morgan fingerprint density at radius 3 is 2.43 bits per heavy atom. The standard InChI is InChI=1S/C21H25N3O5S/c1-28-19-7-2-18(3-8-19)16-22-23-21(25)11-6-17-4-9-20(10-5-17)30(26,27)24-12-14-29-15-13-24/h2-5,7-10,16H,6,11-15H2,1H3,(H,23,25)/b22-16+. The minimum atomic E-state index is -3.51. The predicted molar refractivity (Wildman–Crippen MR) is 113 cm³/mol. The summed E-state index contributed by atoms with van der Waals surface area (Å²) in [5.74, 6) is 0.532. The van der Waals surface area contributed by atoms with E-state index in [4.69, 9.17) is 9.47 Å². The van der Waals surface area contributed by atoms with E-state index in [2.05, 4.69) is 10.5 Å². The van der Waals surface area contributed by atoms with Gasteiger partial charge in [-0.3, -0.25) is 4.79 Å². The van der Waals surface area contributed by atoms with Crippen molar-refractivity contribution in [1.29, 1.82) is 0 Å². The number of ether oxygens (including phenoxy) is 2. The van der Waals surface area contributed by atoms with E-state index in [-0.39, 0.29) is 17.2 Å². The molecule has 0 saturated carbocycles. The largest absolute Gasteiger partial charge is 0.497 e. The Labute approximate surface area is 176 Å². The lowest BCUT2D eigenvalue weighted by Gasteiger charge is -2.26. The molecule has 0 atom stereocenters. The van der Waals surface area contributed by atoms with Crippen LogP contribution in [0.2, 0.25) is 0 Å². The summed E-state index contributed by atoms with van der Waals surface area (Å²) in [5, 5.41) is 3.95. The van der Waals surface area contributed by atoms with E-state index < -0.39 is 10.0 Å². The molecular weight excluding hydrogens is 406 g/mol. The highest BCUT2D eigenvalue weighted by atomic mass is 32.2. The van der Waals surface area contributed by atoms with E-state index in [1.54, 1.807) is 37.6 Å². The summed E-state index contributed by atoms with van der Waals surface area (Å²) >= 11 is 0. The second kappa shape index (κ2) is 10.3. The van der Waals surface area contributed by atoms with Gasteiger partial charge in [0.15, 0.2) is 0 Å². The number of carbonyl (C=O) groups excluding carboxylic acids is 1. The predicted octanol–water partition coefficient (Wildman–Crippen LogP) is 1.80. The summed E-state index contributed by atoms with van der Waals surface area (Å²) in [4.78, 5) is 12.2. The molecule has 9 heteroatoms. The van der Waals surface area contributed by atoms with Crippen molar-refractivity contribution in [2.75, 3.05) is 33.4 Å². The molecule has 1 heterocycles. The van der Waals surface area contributed by atoms with Crippen molar-refractivity contribution in [2.24, 2.45) is 5.10 Å². The molecule has 0 bridgehead atoms. The van der Waals surface area contributed by atoms with Gasteiger partial charge < -0.3 is 9.47 Å². The summed E-state index contributed by atoms with van der Waals surface area (Å²) < 4.78 is 37.0. The molecular formula is C21H25N3O5S. The van der Waals surface area contributed by atoms with Crippen LogP contribution in [0.1, 0.15) is 17.5 Å². The van der Waals surface area contributed by atoms with Gasteiger partial charge in [0.05, 0.1) is 31.4 Å². The lowest BCUT2D eigenvalue weighted by atomic mass is 10.1. The molecule has 160 valence electrons. The monoisotopic (exact) mass is 431 g/mol. The van der Waals surface area contributed by atoms with Crippen LogP contribution in [0.4, 0.5) is 0 Å². The number of hydrogen-bond acceptors (Lipinski definition) is 6. The van der Waals surface area contributed by atoms with Crippen molar-refractivity contribution in [1.82, 2.24) is 9.73 Å². The Hall–Kier alpha value is -2.75. The lowest BCUT2D eigenvalue weighted by molar-refractivity contribution is -0.121. The number of nitrogens with one attached hydrogen (secondary N) is 1. The van der Waals surface area contributed by atoms with Gasteiger partial charge in [-0.2, -0.15) is 9.41 Å². The molecule has 1 amide bonds. The first kappa shape index (κ1) is 21.9. The molecule has 2 aromatic rings. The molecule has 1 N–H and O–H groups in total. The number of benzene rings is 2. The molecule has 3 rings (SSSR count). The summed E-state index contributed by atoms with van der Waals surface area (Å²) in [6.07, 6.45) is 2.29. The minimum Gasteiger partial charge on any atom is -0.497 e. The van der Waals surface area contributed by atoms with Crippen LogP contribution in [0.25, 0.3) is 0 Å². The zero-order chi connectivity index (χ0) is 21.4. The number of hydrogen-bond donors (Lipinski definition) is 1. The first-order valence-electron chi connectivity index (χ1n) is 9.62. The lowest BCUT2D eigenvalue weighted by Crippen LogP contribution is -2.40. The Bertz CT molecular complexity index is 967. The van der Waals surface area contributed by atoms with E-state index in [0.717, 1.165) is 16.9 Å². The second-order valence-electron chi connectivity index (χ2n) is 6.73. The van der Waals surface area contributed by atoms with Gasteiger partial charge in [-0.1, -0.05) is 12.1 Å². The molecule has 0 radical (unpaired) electrons. The zero-order valence-electron chi connectivity index (χ0n) is 16.8. The van der Waals surface area contributed by atoms with E-state index in [1.165, 1.54) is 4.31 Å². The highest BCUT2D eigenvalue weighted by Gasteiger charge is 2.26. The topological polar surface area (TPSA) is 97.3 Å². The van der Waals surface area contributed by atoms with E-state index in [0.29, 0.717) is 32.7 Å². The van der Waals surface area contributed by atoms with Gasteiger partial charge in [0.1, 0.15) is 5.75 Å². The number of nitrogens with zero attached hydrogens (tertiary/aromatic N) is 2. The number of aryl methyl sites for hydroxylation is 1. The number of methoxy groups -OCH3 is 1. The van der Waals surface area contributed by atoms with Crippen LogP contribution in [-0.4, -0.2) is 58.3 Å². The molecule has 0 spiro atoms. The van der Waals surface area contributed by atoms with Crippen LogP contribution in [0.3, 0.4) is 0 Å². The SMILES string of the molecule is COc1ccc(/C=N/NC(=O)CCc2ccc(S(=O)(=O)N3CCOCC3)cc2)cc1. The molecule has 1 aliphatic rings. The van der Waals surface area contributed by atoms with E-state index in [9.17, 15) is 13.2 Å². The molecule has 2 aromatic carbocycles. The number of rotatable bonds is 8. The average Bonchev–Trinajstić information content (AvgIpc) is 2.79. The van der Waals surface area contributed by atoms with Crippen LogP contribution in [0.5, 0.6) is 5.75 Å². The minimum absolute atomic E-state index is 0.218. The van der Waals surface area contributed by atoms with Crippen molar-refractivity contribution in [3.8, 4) is 5.75 Å². The second-order valence-corrected chi connectivity index (χ2v) is 8.66. The maximum atomic E-state index is 12.6. The van der Waals surface area contributed by atoms with Gasteiger partial charge in [-0.15, -0.1) is 0 Å². The van der Waals surface area contributed by atoms with Gasteiger partial charge in [-0.05, 0) is 53.9 Å². The van der Waals surface area contributed by atoms with Gasteiger partial charge in [-0.25, -0.2) is 13.8 Å². The van der Waals surface area contributed by atoms with Gasteiger partial charge in [0.25, 0.3) is 0 Å². The first-order valence-corrected chi connectivity index (χ1v) is 11.1. The fourth-order valence-electron chi connectivity index (χ4n) is 2.95. The summed E-state index contributed by atoms with van der Waals surface area (Å²) in [6.45, 7) is 1.54. The smallest absolute Gasteiger partial charge is 0.243 e. The highest BCUT2D eigenvalue weighted by Crippen LogP contribution is 2.18. The van der Waals surface area contributed by atoms with E-state index in [1.807, 2.05) is 24.3 Å².